The van der Waals surface area contributed by atoms with Crippen molar-refractivity contribution in [1.82, 2.24) is 20.6 Å². The summed E-state index contributed by atoms with van der Waals surface area (Å²) in [5.41, 5.74) is 5.48. The van der Waals surface area contributed by atoms with Gasteiger partial charge in [0.2, 0.25) is 0 Å². The van der Waals surface area contributed by atoms with Crippen molar-refractivity contribution in [3.8, 4) is 16.9 Å². The van der Waals surface area contributed by atoms with Crippen LogP contribution in [0.2, 0.25) is 0 Å². The molecule has 8 nitrogen and oxygen atoms in total. The summed E-state index contributed by atoms with van der Waals surface area (Å²) in [7, 11) is 0. The highest BCUT2D eigenvalue weighted by Gasteiger charge is 2.28. The van der Waals surface area contributed by atoms with Crippen LogP contribution in [0.3, 0.4) is 0 Å². The Morgan fingerprint density at radius 2 is 1.67 bits per heavy atom. The number of fused-ring (bicyclic) bond motifs is 1. The second kappa shape index (κ2) is 10.9. The molecule has 2 aromatic heterocycles. The molecule has 2 saturated carbocycles. The average molecular weight is 533 g/mol. The van der Waals surface area contributed by atoms with Crippen molar-refractivity contribution in [2.45, 2.75) is 90.8 Å². The van der Waals surface area contributed by atoms with E-state index in [4.69, 9.17) is 9.47 Å². The molecule has 0 bridgehead atoms. The first-order valence-corrected chi connectivity index (χ1v) is 14.1. The molecule has 0 spiro atoms. The lowest BCUT2D eigenvalue weighted by Gasteiger charge is -2.30. The van der Waals surface area contributed by atoms with Crippen LogP contribution in [0, 0.1) is 19.8 Å². The molecule has 3 aromatic rings. The van der Waals surface area contributed by atoms with E-state index < -0.39 is 5.60 Å². The minimum atomic E-state index is -0.523. The third kappa shape index (κ3) is 6.54. The Labute approximate surface area is 230 Å². The van der Waals surface area contributed by atoms with E-state index in [0.717, 1.165) is 65.9 Å². The van der Waals surface area contributed by atoms with Gasteiger partial charge in [-0.2, -0.15) is 0 Å². The van der Waals surface area contributed by atoms with Crippen LogP contribution in [-0.4, -0.2) is 46.3 Å². The number of carbonyl (C=O) groups is 2. The number of nitrogens with zero attached hydrogens (tertiary/aromatic N) is 1. The molecule has 8 heteroatoms. The Balaban J connectivity index is 1.30. The number of hydrogen-bond acceptors (Lipinski definition) is 5. The quantitative estimate of drug-likeness (QED) is 0.336. The molecular weight excluding hydrogens is 492 g/mol. The number of carbonyl (C=O) groups excluding carboxylic acids is 2. The molecule has 3 N–H and O–H groups in total. The largest absolute Gasteiger partial charge is 0.493 e. The number of H-pyrrole nitrogens is 1. The van der Waals surface area contributed by atoms with Crippen LogP contribution in [0.1, 0.15) is 80.9 Å². The Bertz CT molecular complexity index is 1360. The molecule has 2 aliphatic carbocycles. The van der Waals surface area contributed by atoms with Gasteiger partial charge in [-0.05, 0) is 97.3 Å². The summed E-state index contributed by atoms with van der Waals surface area (Å²) in [4.78, 5) is 33.7. The molecule has 208 valence electrons. The number of rotatable bonds is 7. The Morgan fingerprint density at radius 1 is 0.974 bits per heavy atom. The van der Waals surface area contributed by atoms with Crippen molar-refractivity contribution in [2.24, 2.45) is 5.92 Å². The lowest BCUT2D eigenvalue weighted by molar-refractivity contribution is 0.0488. The van der Waals surface area contributed by atoms with Crippen LogP contribution in [0.25, 0.3) is 22.2 Å². The zero-order valence-electron chi connectivity index (χ0n) is 23.6. The fourth-order valence-corrected chi connectivity index (χ4v) is 5.29. The molecule has 2 amide bonds. The number of pyridine rings is 1. The molecular formula is C31H40N4O4. The van der Waals surface area contributed by atoms with Crippen molar-refractivity contribution < 1.29 is 19.1 Å². The van der Waals surface area contributed by atoms with E-state index in [2.05, 4.69) is 39.7 Å². The van der Waals surface area contributed by atoms with Crippen molar-refractivity contribution in [3.05, 3.63) is 47.3 Å². The normalized spacial score (nSPS) is 19.5. The van der Waals surface area contributed by atoms with E-state index in [1.54, 1.807) is 6.20 Å². The van der Waals surface area contributed by atoms with Crippen LogP contribution in [0.4, 0.5) is 4.79 Å². The van der Waals surface area contributed by atoms with Gasteiger partial charge in [0.1, 0.15) is 16.9 Å². The number of amides is 2. The fraction of sp³-hybridized carbons (Fsp3) is 0.516. The number of aromatic amines is 1. The summed E-state index contributed by atoms with van der Waals surface area (Å²) >= 11 is 0. The Hall–Kier alpha value is -3.55. The maximum Gasteiger partial charge on any atom is 0.407 e. The van der Waals surface area contributed by atoms with Crippen LogP contribution in [0.15, 0.2) is 30.5 Å². The van der Waals surface area contributed by atoms with E-state index in [9.17, 15) is 9.59 Å². The zero-order valence-corrected chi connectivity index (χ0v) is 23.6. The van der Waals surface area contributed by atoms with E-state index in [1.165, 1.54) is 12.8 Å². The lowest BCUT2D eigenvalue weighted by atomic mass is 9.91. The molecule has 2 fully saturated rings. The monoisotopic (exact) mass is 532 g/mol. The third-order valence-corrected chi connectivity index (χ3v) is 7.48. The van der Waals surface area contributed by atoms with Crippen molar-refractivity contribution in [1.29, 1.82) is 0 Å². The molecule has 1 aromatic carbocycles. The topological polar surface area (TPSA) is 105 Å². The van der Waals surface area contributed by atoms with Gasteiger partial charge in [-0.15, -0.1) is 0 Å². The number of nitrogens with one attached hydrogen (secondary N) is 3. The summed E-state index contributed by atoms with van der Waals surface area (Å²) in [6.45, 7) is 10.3. The van der Waals surface area contributed by atoms with E-state index in [0.29, 0.717) is 17.0 Å². The summed E-state index contributed by atoms with van der Waals surface area (Å²) in [6, 6.07) is 8.32. The van der Waals surface area contributed by atoms with Crippen LogP contribution in [0.5, 0.6) is 5.75 Å². The molecule has 39 heavy (non-hydrogen) atoms. The SMILES string of the molecule is Cc1ccc(OCC2CC2)c(-c2ccnc3c(C(=O)NC4CCC(NC(=O)OC(C)(C)C)CC4)c(C)[nH]c23)c1. The van der Waals surface area contributed by atoms with E-state index in [-0.39, 0.29) is 24.1 Å². The number of aryl methyl sites for hydroxylation is 2. The predicted molar refractivity (Wildman–Crippen MR) is 152 cm³/mol. The van der Waals surface area contributed by atoms with Gasteiger partial charge < -0.3 is 25.1 Å². The summed E-state index contributed by atoms with van der Waals surface area (Å²) in [5, 5.41) is 6.18. The second-order valence-corrected chi connectivity index (χ2v) is 12.1. The summed E-state index contributed by atoms with van der Waals surface area (Å²) < 4.78 is 11.6. The number of alkyl carbamates (subject to hydrolysis) is 1. The Morgan fingerprint density at radius 3 is 2.33 bits per heavy atom. The van der Waals surface area contributed by atoms with Crippen molar-refractivity contribution >= 4 is 23.0 Å². The van der Waals surface area contributed by atoms with Gasteiger partial charge in [-0.25, -0.2) is 4.79 Å². The summed E-state index contributed by atoms with van der Waals surface area (Å²) in [5.74, 6) is 1.39. The van der Waals surface area contributed by atoms with Crippen molar-refractivity contribution in [3.63, 3.8) is 0 Å². The van der Waals surface area contributed by atoms with Gasteiger partial charge >= 0.3 is 6.09 Å². The molecule has 0 radical (unpaired) electrons. The minimum Gasteiger partial charge on any atom is -0.493 e. The molecule has 0 unspecified atom stereocenters. The van der Waals surface area contributed by atoms with E-state index >= 15 is 0 Å². The number of hydrogen-bond donors (Lipinski definition) is 3. The van der Waals surface area contributed by atoms with Crippen LogP contribution < -0.4 is 15.4 Å². The second-order valence-electron chi connectivity index (χ2n) is 12.1. The van der Waals surface area contributed by atoms with Gasteiger partial charge in [0.15, 0.2) is 0 Å². The zero-order chi connectivity index (χ0) is 27.7. The summed E-state index contributed by atoms with van der Waals surface area (Å²) in [6.07, 6.45) is 7.00. The highest BCUT2D eigenvalue weighted by molar-refractivity contribution is 6.09. The fourth-order valence-electron chi connectivity index (χ4n) is 5.29. The van der Waals surface area contributed by atoms with Crippen molar-refractivity contribution in [2.75, 3.05) is 6.61 Å². The number of aromatic nitrogens is 2. The lowest BCUT2D eigenvalue weighted by Crippen LogP contribution is -2.45. The maximum absolute atomic E-state index is 13.5. The van der Waals surface area contributed by atoms with Crippen LogP contribution in [-0.2, 0) is 4.74 Å². The first kappa shape index (κ1) is 27.0. The van der Waals surface area contributed by atoms with E-state index in [1.807, 2.05) is 39.8 Å². The molecule has 0 aliphatic heterocycles. The molecule has 2 heterocycles. The smallest absolute Gasteiger partial charge is 0.407 e. The maximum atomic E-state index is 13.5. The van der Waals surface area contributed by atoms with Gasteiger partial charge in [0, 0.05) is 35.1 Å². The van der Waals surface area contributed by atoms with Gasteiger partial charge in [0.05, 0.1) is 17.7 Å². The molecule has 0 saturated heterocycles. The highest BCUT2D eigenvalue weighted by atomic mass is 16.6. The highest BCUT2D eigenvalue weighted by Crippen LogP contribution is 2.38. The predicted octanol–water partition coefficient (Wildman–Crippen LogP) is 6.20. The standard InChI is InChI=1S/C31H40N4O4/c1-18-6-13-25(38-17-20-7-8-20)24(16-18)23-14-15-32-28-26(19(2)33-27(23)28)29(36)34-21-9-11-22(12-10-21)35-30(37)39-31(3,4)5/h6,13-16,20-22,33H,7-12,17H2,1-5H3,(H,34,36)(H,35,37). The third-order valence-electron chi connectivity index (χ3n) is 7.48. The minimum absolute atomic E-state index is 0.0425. The molecule has 2 aliphatic rings. The first-order valence-electron chi connectivity index (χ1n) is 14.1. The average Bonchev–Trinajstić information content (AvgIpc) is 3.62. The first-order chi connectivity index (χ1) is 18.6. The number of ether oxygens (including phenoxy) is 2. The molecule has 0 atom stereocenters. The molecule has 5 rings (SSSR count). The van der Waals surface area contributed by atoms with Gasteiger partial charge in [0.25, 0.3) is 5.91 Å². The van der Waals surface area contributed by atoms with Crippen LogP contribution >= 0.6 is 0 Å². The number of benzene rings is 1. The van der Waals surface area contributed by atoms with Gasteiger partial charge in [-0.3, -0.25) is 9.78 Å². The van der Waals surface area contributed by atoms with Gasteiger partial charge in [-0.1, -0.05) is 11.6 Å². The Kier molecular flexibility index (Phi) is 7.56.